The fraction of sp³-hybridized carbons (Fsp3) is 0. The van der Waals surface area contributed by atoms with Gasteiger partial charge >= 0.3 is 23.8 Å². The molecule has 0 aliphatic rings. The Labute approximate surface area is 109 Å². The molecule has 1 rings (SSSR count). The lowest BCUT2D eigenvalue weighted by Gasteiger charge is -2.08. The standard InChI is InChI=1S/C10H4N2O8/c13-7(11-19)3-1-2-4(8(14)12-20)6(10(17)18)5(3)9(15)16/h1-2H,(H,15,16)(H,17,18). The zero-order valence-corrected chi connectivity index (χ0v) is 9.39. The lowest BCUT2D eigenvalue weighted by atomic mass is 9.95. The predicted molar refractivity (Wildman–Crippen MR) is 60.6 cm³/mol. The SMILES string of the molecule is O=NC(=O)c1ccc(C(=O)N=O)c(C(=O)O)c1C(=O)O. The van der Waals surface area contributed by atoms with Crippen molar-refractivity contribution in [3.8, 4) is 0 Å². The van der Waals surface area contributed by atoms with Crippen molar-refractivity contribution in [3.63, 3.8) is 0 Å². The summed E-state index contributed by atoms with van der Waals surface area (Å²) in [7, 11) is 0. The van der Waals surface area contributed by atoms with Crippen LogP contribution in [0.4, 0.5) is 0 Å². The lowest BCUT2D eigenvalue weighted by molar-refractivity contribution is 0.0647. The molecule has 0 aliphatic heterocycles. The summed E-state index contributed by atoms with van der Waals surface area (Å²) in [5, 5.41) is 21.8. The van der Waals surface area contributed by atoms with E-state index in [-0.39, 0.29) is 0 Å². The third-order valence-corrected chi connectivity index (χ3v) is 2.26. The number of carbonyl (C=O) groups excluding carboxylic acids is 2. The van der Waals surface area contributed by atoms with E-state index in [1.807, 2.05) is 10.4 Å². The predicted octanol–water partition coefficient (Wildman–Crippen LogP) is 0.896. The molecule has 0 saturated carbocycles. The van der Waals surface area contributed by atoms with Gasteiger partial charge in [0, 0.05) is 10.4 Å². The van der Waals surface area contributed by atoms with Crippen LogP contribution in [0.1, 0.15) is 41.4 Å². The fourth-order valence-electron chi connectivity index (χ4n) is 1.50. The molecule has 10 nitrogen and oxygen atoms in total. The number of hydrogen-bond acceptors (Lipinski definition) is 6. The van der Waals surface area contributed by atoms with Crippen molar-refractivity contribution in [2.45, 2.75) is 0 Å². The number of benzene rings is 1. The van der Waals surface area contributed by atoms with Crippen molar-refractivity contribution in [1.29, 1.82) is 0 Å². The summed E-state index contributed by atoms with van der Waals surface area (Å²) in [5.41, 5.74) is -3.85. The second-order valence-corrected chi connectivity index (χ2v) is 3.31. The molecule has 0 atom stereocenters. The van der Waals surface area contributed by atoms with Crippen molar-refractivity contribution in [2.24, 2.45) is 10.4 Å². The fourth-order valence-corrected chi connectivity index (χ4v) is 1.50. The van der Waals surface area contributed by atoms with Crippen molar-refractivity contribution in [2.75, 3.05) is 0 Å². The van der Waals surface area contributed by atoms with Crippen LogP contribution in [0.5, 0.6) is 0 Å². The van der Waals surface area contributed by atoms with Gasteiger partial charge in [-0.3, -0.25) is 9.59 Å². The molecular weight excluding hydrogens is 276 g/mol. The number of rotatable bonds is 4. The van der Waals surface area contributed by atoms with Crippen LogP contribution in [0.15, 0.2) is 22.5 Å². The van der Waals surface area contributed by atoms with Crippen LogP contribution in [-0.4, -0.2) is 34.0 Å². The van der Waals surface area contributed by atoms with Crippen LogP contribution in [0.3, 0.4) is 0 Å². The highest BCUT2D eigenvalue weighted by Crippen LogP contribution is 2.22. The molecule has 1 aromatic carbocycles. The smallest absolute Gasteiger partial charge is 0.337 e. The molecular formula is C10H4N2O8. The third kappa shape index (κ3) is 2.43. The number of amides is 2. The summed E-state index contributed by atoms with van der Waals surface area (Å²) in [5.74, 6) is -6.81. The molecule has 0 spiro atoms. The molecule has 2 N–H and O–H groups in total. The number of carboxylic acid groups (broad SMARTS) is 2. The Balaban J connectivity index is 3.85. The topological polar surface area (TPSA) is 168 Å². The zero-order chi connectivity index (χ0) is 15.4. The van der Waals surface area contributed by atoms with E-state index >= 15 is 0 Å². The Kier molecular flexibility index (Phi) is 4.10. The number of carboxylic acids is 2. The average Bonchev–Trinajstić information content (AvgIpc) is 2.43. The van der Waals surface area contributed by atoms with E-state index in [0.29, 0.717) is 12.1 Å². The second-order valence-electron chi connectivity index (χ2n) is 3.31. The summed E-state index contributed by atoms with van der Waals surface area (Å²) in [6.07, 6.45) is 0. The normalized spacial score (nSPS) is 9.60. The van der Waals surface area contributed by atoms with Gasteiger partial charge in [0.1, 0.15) is 0 Å². The van der Waals surface area contributed by atoms with Gasteiger partial charge < -0.3 is 10.2 Å². The maximum atomic E-state index is 11.2. The summed E-state index contributed by atoms with van der Waals surface area (Å²) in [4.78, 5) is 64.7. The van der Waals surface area contributed by atoms with Crippen molar-refractivity contribution in [3.05, 3.63) is 44.2 Å². The second kappa shape index (κ2) is 5.56. The van der Waals surface area contributed by atoms with E-state index < -0.39 is 46.0 Å². The summed E-state index contributed by atoms with van der Waals surface area (Å²) < 4.78 is 0. The van der Waals surface area contributed by atoms with Gasteiger partial charge in [0.25, 0.3) is 0 Å². The first kappa shape index (κ1) is 14.8. The Hall–Kier alpha value is -3.30. The van der Waals surface area contributed by atoms with Gasteiger partial charge in [0.2, 0.25) is 0 Å². The van der Waals surface area contributed by atoms with Gasteiger partial charge in [-0.15, -0.1) is 9.81 Å². The molecule has 0 aromatic heterocycles. The van der Waals surface area contributed by atoms with E-state index in [2.05, 4.69) is 0 Å². The van der Waals surface area contributed by atoms with Crippen LogP contribution in [0.25, 0.3) is 0 Å². The van der Waals surface area contributed by atoms with Crippen LogP contribution in [0.2, 0.25) is 0 Å². The number of nitrogens with zero attached hydrogens (tertiary/aromatic N) is 2. The molecule has 0 aliphatic carbocycles. The van der Waals surface area contributed by atoms with Crippen LogP contribution < -0.4 is 0 Å². The molecule has 0 saturated heterocycles. The van der Waals surface area contributed by atoms with Gasteiger partial charge in [0.15, 0.2) is 0 Å². The Morgan fingerprint density at radius 3 is 1.25 bits per heavy atom. The highest BCUT2D eigenvalue weighted by Gasteiger charge is 2.30. The van der Waals surface area contributed by atoms with Gasteiger partial charge in [-0.25, -0.2) is 9.59 Å². The van der Waals surface area contributed by atoms with E-state index in [1.54, 1.807) is 0 Å². The molecule has 0 unspecified atom stereocenters. The Morgan fingerprint density at radius 1 is 0.750 bits per heavy atom. The number of carbonyl (C=O) groups is 4. The molecule has 0 bridgehead atoms. The minimum absolute atomic E-state index is 0.706. The third-order valence-electron chi connectivity index (χ3n) is 2.26. The first-order chi connectivity index (χ1) is 9.34. The quantitative estimate of drug-likeness (QED) is 0.766. The van der Waals surface area contributed by atoms with Crippen molar-refractivity contribution < 1.29 is 29.4 Å². The first-order valence-corrected chi connectivity index (χ1v) is 4.74. The van der Waals surface area contributed by atoms with Crippen LogP contribution in [0, 0.1) is 9.81 Å². The number of aromatic carboxylic acids is 2. The van der Waals surface area contributed by atoms with E-state index in [9.17, 15) is 29.0 Å². The van der Waals surface area contributed by atoms with Crippen molar-refractivity contribution in [1.82, 2.24) is 0 Å². The van der Waals surface area contributed by atoms with Gasteiger partial charge in [-0.05, 0) is 12.1 Å². The van der Waals surface area contributed by atoms with Gasteiger partial charge in [-0.2, -0.15) is 0 Å². The maximum absolute atomic E-state index is 11.2. The highest BCUT2D eigenvalue weighted by molar-refractivity contribution is 6.15. The minimum Gasteiger partial charge on any atom is -0.478 e. The zero-order valence-electron chi connectivity index (χ0n) is 9.39. The number of hydrogen-bond donors (Lipinski definition) is 2. The maximum Gasteiger partial charge on any atom is 0.337 e. The van der Waals surface area contributed by atoms with Gasteiger partial charge in [0.05, 0.1) is 22.3 Å². The lowest BCUT2D eigenvalue weighted by Crippen LogP contribution is -2.18. The molecule has 0 heterocycles. The molecule has 102 valence electrons. The van der Waals surface area contributed by atoms with E-state index in [0.717, 1.165) is 0 Å². The Bertz CT molecular complexity index is 606. The summed E-state index contributed by atoms with van der Waals surface area (Å²) in [6, 6.07) is 1.41. The summed E-state index contributed by atoms with van der Waals surface area (Å²) >= 11 is 0. The molecule has 1 aromatic rings. The molecule has 20 heavy (non-hydrogen) atoms. The largest absolute Gasteiger partial charge is 0.478 e. The highest BCUT2D eigenvalue weighted by atomic mass is 16.4. The average molecular weight is 280 g/mol. The summed E-state index contributed by atoms with van der Waals surface area (Å²) in [6.45, 7) is 0. The molecule has 0 fully saturated rings. The molecule has 2 amide bonds. The van der Waals surface area contributed by atoms with Crippen LogP contribution >= 0.6 is 0 Å². The number of nitroso groups, excluding NO2 is 2. The first-order valence-electron chi connectivity index (χ1n) is 4.74. The monoisotopic (exact) mass is 280 g/mol. The van der Waals surface area contributed by atoms with Crippen LogP contribution in [-0.2, 0) is 0 Å². The van der Waals surface area contributed by atoms with Gasteiger partial charge in [-0.1, -0.05) is 0 Å². The van der Waals surface area contributed by atoms with Crippen molar-refractivity contribution >= 4 is 23.8 Å². The molecule has 0 radical (unpaired) electrons. The minimum atomic E-state index is -1.88. The van der Waals surface area contributed by atoms with E-state index in [4.69, 9.17) is 10.2 Å². The molecule has 10 heteroatoms. The Morgan fingerprint density at radius 2 is 1.05 bits per heavy atom. The van der Waals surface area contributed by atoms with E-state index in [1.165, 1.54) is 0 Å².